The second-order valence-electron chi connectivity index (χ2n) is 10.7. The summed E-state index contributed by atoms with van der Waals surface area (Å²) in [5.41, 5.74) is 0. The summed E-state index contributed by atoms with van der Waals surface area (Å²) in [4.78, 5) is 33.4. The number of allylic oxidation sites excluding steroid dienone is 2. The van der Waals surface area contributed by atoms with Gasteiger partial charge in [0, 0.05) is 0 Å². The minimum atomic E-state index is -0.932. The van der Waals surface area contributed by atoms with Crippen molar-refractivity contribution in [1.82, 2.24) is 0 Å². The van der Waals surface area contributed by atoms with E-state index in [1.54, 1.807) is 0 Å². The topological polar surface area (TPSA) is 112 Å². The Labute approximate surface area is 225 Å². The number of aliphatic carboxylic acids is 3. The number of carboxylic acid groups (broad SMARTS) is 3. The number of rotatable bonds is 28. The van der Waals surface area contributed by atoms with Gasteiger partial charge in [0.05, 0.1) is 45.4 Å². The highest BCUT2D eigenvalue weighted by molar-refractivity contribution is 5.67. The Kier molecular flexibility index (Phi) is 23.2. The van der Waals surface area contributed by atoms with Crippen molar-refractivity contribution in [2.24, 2.45) is 0 Å². The molecule has 216 valence electrons. The van der Waals surface area contributed by atoms with E-state index in [-0.39, 0.29) is 43.4 Å². The average Bonchev–Trinajstić information content (AvgIpc) is 2.85. The zero-order valence-electron chi connectivity index (χ0n) is 23.6. The van der Waals surface area contributed by atoms with Gasteiger partial charge >= 0.3 is 17.9 Å². The zero-order valence-corrected chi connectivity index (χ0v) is 23.6. The predicted octanol–water partition coefficient (Wildman–Crippen LogP) is 7.44. The molecule has 7 nitrogen and oxygen atoms in total. The molecule has 0 saturated carbocycles. The van der Waals surface area contributed by atoms with Crippen molar-refractivity contribution in [3.05, 3.63) is 12.2 Å². The second-order valence-corrected chi connectivity index (χ2v) is 10.7. The van der Waals surface area contributed by atoms with Crippen molar-refractivity contribution in [3.8, 4) is 0 Å². The van der Waals surface area contributed by atoms with E-state index in [1.165, 1.54) is 89.9 Å². The SMILES string of the molecule is CCCCC/C=C/CCCCCCCCCCCCCC[N+](CCC(=O)O)(CCC(=O)O)CCC(=O)O. The van der Waals surface area contributed by atoms with Crippen molar-refractivity contribution in [1.29, 1.82) is 0 Å². The Hall–Kier alpha value is -1.89. The number of quaternary nitrogens is 1. The first-order valence-corrected chi connectivity index (χ1v) is 15.0. The minimum absolute atomic E-state index is 0.0740. The molecule has 0 rings (SSSR count). The number of carboxylic acids is 3. The molecule has 0 aromatic carbocycles. The van der Waals surface area contributed by atoms with Crippen LogP contribution in [0.2, 0.25) is 0 Å². The molecule has 0 unspecified atom stereocenters. The van der Waals surface area contributed by atoms with Gasteiger partial charge in [-0.1, -0.05) is 89.7 Å². The van der Waals surface area contributed by atoms with Gasteiger partial charge in [-0.2, -0.15) is 0 Å². The van der Waals surface area contributed by atoms with Gasteiger partial charge in [-0.05, 0) is 38.5 Å². The molecule has 37 heavy (non-hydrogen) atoms. The maximum absolute atomic E-state index is 11.1. The lowest BCUT2D eigenvalue weighted by molar-refractivity contribution is -0.927. The first-order valence-electron chi connectivity index (χ1n) is 15.0. The predicted molar refractivity (Wildman–Crippen MR) is 150 cm³/mol. The smallest absolute Gasteiger partial charge is 0.309 e. The fourth-order valence-corrected chi connectivity index (χ4v) is 4.89. The van der Waals surface area contributed by atoms with Gasteiger partial charge < -0.3 is 19.8 Å². The number of nitrogens with zero attached hydrogens (tertiary/aromatic N) is 1. The van der Waals surface area contributed by atoms with E-state index in [4.69, 9.17) is 15.3 Å². The summed E-state index contributed by atoms with van der Waals surface area (Å²) >= 11 is 0. The molecular formula is C30H56NO6+. The summed E-state index contributed by atoms with van der Waals surface area (Å²) in [7, 11) is 0. The van der Waals surface area contributed by atoms with E-state index in [2.05, 4.69) is 19.1 Å². The molecule has 0 spiro atoms. The van der Waals surface area contributed by atoms with Crippen LogP contribution in [0.15, 0.2) is 12.2 Å². The minimum Gasteiger partial charge on any atom is -0.481 e. The van der Waals surface area contributed by atoms with Crippen LogP contribution in [-0.4, -0.2) is 63.9 Å². The Morgan fingerprint density at radius 3 is 1.16 bits per heavy atom. The molecule has 0 amide bonds. The standard InChI is InChI=1S/C30H55NO6/c1-2-3-4-5-6-7-8-9-10-11-12-13-14-15-16-17-18-19-20-24-31(25-21-28(32)33,26-22-29(34)35)27-23-30(36)37/h6-7H,2-5,8-27H2,1H3,(H2-,32,33,34,35,36,37)/p+1/b7-6+. The van der Waals surface area contributed by atoms with Gasteiger partial charge in [-0.25, -0.2) is 0 Å². The Morgan fingerprint density at radius 1 is 0.486 bits per heavy atom. The van der Waals surface area contributed by atoms with Gasteiger partial charge in [-0.3, -0.25) is 14.4 Å². The van der Waals surface area contributed by atoms with E-state index >= 15 is 0 Å². The quantitative estimate of drug-likeness (QED) is 0.0555. The lowest BCUT2D eigenvalue weighted by Crippen LogP contribution is -2.52. The molecule has 0 radical (unpaired) electrons. The van der Waals surface area contributed by atoms with Crippen LogP contribution in [0, 0.1) is 0 Å². The summed E-state index contributed by atoms with van der Waals surface area (Å²) in [5, 5.41) is 27.4. The molecule has 0 saturated heterocycles. The highest BCUT2D eigenvalue weighted by atomic mass is 16.4. The molecule has 0 aromatic rings. The monoisotopic (exact) mass is 526 g/mol. The Morgan fingerprint density at radius 2 is 0.811 bits per heavy atom. The first kappa shape index (κ1) is 35.1. The van der Waals surface area contributed by atoms with Crippen LogP contribution in [-0.2, 0) is 14.4 Å². The van der Waals surface area contributed by atoms with Gasteiger partial charge in [0.15, 0.2) is 0 Å². The molecule has 0 aliphatic heterocycles. The lowest BCUT2D eigenvalue weighted by atomic mass is 10.0. The summed E-state index contributed by atoms with van der Waals surface area (Å²) in [6.07, 6.45) is 25.6. The molecule has 0 aliphatic rings. The molecule has 0 aliphatic carbocycles. The van der Waals surface area contributed by atoms with Gasteiger partial charge in [-0.15, -0.1) is 0 Å². The van der Waals surface area contributed by atoms with Crippen molar-refractivity contribution in [2.45, 2.75) is 135 Å². The van der Waals surface area contributed by atoms with Crippen molar-refractivity contribution >= 4 is 17.9 Å². The third-order valence-electron chi connectivity index (χ3n) is 7.29. The van der Waals surface area contributed by atoms with Crippen molar-refractivity contribution in [3.63, 3.8) is 0 Å². The molecule has 0 heterocycles. The summed E-state index contributed by atoms with van der Waals surface area (Å²) in [6, 6.07) is 0. The van der Waals surface area contributed by atoms with Crippen LogP contribution < -0.4 is 0 Å². The van der Waals surface area contributed by atoms with Crippen molar-refractivity contribution in [2.75, 3.05) is 26.2 Å². The van der Waals surface area contributed by atoms with Crippen molar-refractivity contribution < 1.29 is 34.2 Å². The number of carbonyl (C=O) groups is 3. The largest absolute Gasteiger partial charge is 0.481 e. The third-order valence-corrected chi connectivity index (χ3v) is 7.29. The highest BCUT2D eigenvalue weighted by Gasteiger charge is 2.29. The number of hydrogen-bond acceptors (Lipinski definition) is 3. The number of hydrogen-bond donors (Lipinski definition) is 3. The van der Waals surface area contributed by atoms with Gasteiger partial charge in [0.2, 0.25) is 0 Å². The van der Waals surface area contributed by atoms with Gasteiger partial charge in [0.25, 0.3) is 0 Å². The maximum Gasteiger partial charge on any atom is 0.309 e. The van der Waals surface area contributed by atoms with E-state index in [0.29, 0.717) is 6.54 Å². The summed E-state index contributed by atoms with van der Waals surface area (Å²) < 4.78 is 0.264. The molecule has 7 heteroatoms. The van der Waals surface area contributed by atoms with Crippen LogP contribution >= 0.6 is 0 Å². The van der Waals surface area contributed by atoms with E-state index in [0.717, 1.165) is 19.3 Å². The lowest BCUT2D eigenvalue weighted by Gasteiger charge is -2.38. The summed E-state index contributed by atoms with van der Waals surface area (Å²) in [6.45, 7) is 3.73. The maximum atomic E-state index is 11.1. The highest BCUT2D eigenvalue weighted by Crippen LogP contribution is 2.17. The van der Waals surface area contributed by atoms with E-state index in [9.17, 15) is 14.4 Å². The Balaban J connectivity index is 3.94. The molecular weight excluding hydrogens is 470 g/mol. The van der Waals surface area contributed by atoms with E-state index in [1.807, 2.05) is 0 Å². The molecule has 3 N–H and O–H groups in total. The zero-order chi connectivity index (χ0) is 27.6. The molecule has 0 bridgehead atoms. The second kappa shape index (κ2) is 24.4. The normalized spacial score (nSPS) is 11.8. The van der Waals surface area contributed by atoms with Crippen LogP contribution in [0.1, 0.15) is 135 Å². The average molecular weight is 527 g/mol. The van der Waals surface area contributed by atoms with Gasteiger partial charge in [0.1, 0.15) is 0 Å². The fraction of sp³-hybridized carbons (Fsp3) is 0.833. The third kappa shape index (κ3) is 24.2. The molecule has 0 atom stereocenters. The molecule has 0 fully saturated rings. The van der Waals surface area contributed by atoms with Crippen LogP contribution in [0.25, 0.3) is 0 Å². The summed E-state index contributed by atoms with van der Waals surface area (Å²) in [5.74, 6) is -2.80. The first-order chi connectivity index (χ1) is 17.8. The van der Waals surface area contributed by atoms with Crippen LogP contribution in [0.5, 0.6) is 0 Å². The number of unbranched alkanes of at least 4 members (excludes halogenated alkanes) is 15. The Bertz CT molecular complexity index is 574. The van der Waals surface area contributed by atoms with Crippen LogP contribution in [0.3, 0.4) is 0 Å². The molecule has 0 aromatic heterocycles. The van der Waals surface area contributed by atoms with E-state index < -0.39 is 17.9 Å². The van der Waals surface area contributed by atoms with Crippen LogP contribution in [0.4, 0.5) is 0 Å². The fourth-order valence-electron chi connectivity index (χ4n) is 4.89.